The lowest BCUT2D eigenvalue weighted by Crippen LogP contribution is -2.10. The Morgan fingerprint density at radius 2 is 0.882 bits per heavy atom. The number of allylic oxidation sites excluding steroid dienone is 8. The SMILES string of the molecule is N#Cc1cc(-n2c3cc(-c4ccccc4)ccc3c3ccc(-c4ccccc4)cc32)c(-c2cccc(C(F)(F)F)c2)c(-n2c3cc(=C4C=CC=CC4)ccc3c3ccc(=C4C=CC=CC4)cc32)c1. The molecule has 6 heteroatoms. The third-order valence-corrected chi connectivity index (χ3v) is 13.4. The monoisotopic (exact) mass is 883 g/mol. The minimum atomic E-state index is -4.61. The zero-order chi connectivity index (χ0) is 45.9. The second kappa shape index (κ2) is 16.3. The van der Waals surface area contributed by atoms with Gasteiger partial charge in [0.25, 0.3) is 0 Å². The summed E-state index contributed by atoms with van der Waals surface area (Å²) in [6.07, 6.45) is 13.6. The number of alkyl halides is 3. The Labute approximate surface area is 390 Å². The van der Waals surface area contributed by atoms with Gasteiger partial charge in [0.2, 0.25) is 0 Å². The van der Waals surface area contributed by atoms with Gasteiger partial charge < -0.3 is 9.13 Å². The van der Waals surface area contributed by atoms with Crippen molar-refractivity contribution in [3.63, 3.8) is 0 Å². The highest BCUT2D eigenvalue weighted by molar-refractivity contribution is 6.13. The van der Waals surface area contributed by atoms with E-state index in [2.05, 4.69) is 137 Å². The van der Waals surface area contributed by atoms with E-state index in [9.17, 15) is 18.4 Å². The van der Waals surface area contributed by atoms with E-state index >= 15 is 0 Å². The summed E-state index contributed by atoms with van der Waals surface area (Å²) in [5.74, 6) is 0. The van der Waals surface area contributed by atoms with Crippen LogP contribution in [0.2, 0.25) is 0 Å². The molecule has 8 aromatic carbocycles. The summed E-state index contributed by atoms with van der Waals surface area (Å²) < 4.78 is 49.2. The zero-order valence-electron chi connectivity index (χ0n) is 36.7. The van der Waals surface area contributed by atoms with Crippen LogP contribution < -0.4 is 10.4 Å². The molecule has 3 nitrogen and oxygen atoms in total. The predicted octanol–water partition coefficient (Wildman–Crippen LogP) is 15.1. The normalized spacial score (nSPS) is 15.3. The van der Waals surface area contributed by atoms with Crippen molar-refractivity contribution in [2.24, 2.45) is 0 Å². The quantitative estimate of drug-likeness (QED) is 0.170. The fourth-order valence-electron chi connectivity index (χ4n) is 10.2. The molecule has 68 heavy (non-hydrogen) atoms. The second-order valence-electron chi connectivity index (χ2n) is 17.4. The summed E-state index contributed by atoms with van der Waals surface area (Å²) in [5, 5.41) is 17.1. The van der Waals surface area contributed by atoms with Crippen LogP contribution in [0.3, 0.4) is 0 Å². The summed E-state index contributed by atoms with van der Waals surface area (Å²) in [6.45, 7) is 0. The van der Waals surface area contributed by atoms with Gasteiger partial charge in [-0.25, -0.2) is 0 Å². The molecular weight excluding hydrogens is 844 g/mol. The molecule has 2 aliphatic carbocycles. The van der Waals surface area contributed by atoms with E-state index < -0.39 is 11.7 Å². The second-order valence-corrected chi connectivity index (χ2v) is 17.4. The molecule has 0 spiro atoms. The van der Waals surface area contributed by atoms with Gasteiger partial charge in [0, 0.05) is 27.1 Å². The standard InChI is InChI=1S/C62H40F3N3/c63-62(64,65)50-23-13-22-49(34-50)61-59(67-55-35-45(41-14-5-1-6-15-41)24-28-51(55)52-29-25-46(36-56(52)67)42-16-7-2-8-17-42)32-40(39-66)33-60(61)68-57-37-47(43-18-9-3-10-19-43)26-30-53(57)54-31-27-48(38-58(54)68)44-20-11-4-12-21-44/h1-18,20,22-38H,19,21H2. The number of benzene rings is 8. The summed E-state index contributed by atoms with van der Waals surface area (Å²) in [6, 6.07) is 57.9. The van der Waals surface area contributed by atoms with E-state index in [1.807, 2.05) is 72.8 Å². The number of nitrogens with zero attached hydrogens (tertiary/aromatic N) is 3. The molecule has 12 rings (SSSR count). The Morgan fingerprint density at radius 1 is 0.426 bits per heavy atom. The van der Waals surface area contributed by atoms with Gasteiger partial charge in [-0.05, 0) is 111 Å². The number of aromatic nitrogens is 2. The molecule has 0 saturated carbocycles. The molecule has 2 aromatic heterocycles. The minimum absolute atomic E-state index is 0.367. The van der Waals surface area contributed by atoms with Crippen LogP contribution in [0.1, 0.15) is 24.0 Å². The maximum atomic E-state index is 15.0. The van der Waals surface area contributed by atoms with Crippen molar-refractivity contribution in [2.45, 2.75) is 19.0 Å². The van der Waals surface area contributed by atoms with Crippen molar-refractivity contribution in [1.29, 1.82) is 5.26 Å². The Kier molecular flexibility index (Phi) is 9.81. The number of hydrogen-bond acceptors (Lipinski definition) is 1. The van der Waals surface area contributed by atoms with Crippen LogP contribution in [-0.2, 0) is 6.18 Å². The number of fused-ring (bicyclic) bond motifs is 6. The first kappa shape index (κ1) is 40.8. The lowest BCUT2D eigenvalue weighted by molar-refractivity contribution is -0.137. The largest absolute Gasteiger partial charge is 0.416 e. The highest BCUT2D eigenvalue weighted by atomic mass is 19.4. The van der Waals surface area contributed by atoms with Crippen molar-refractivity contribution in [1.82, 2.24) is 9.13 Å². The van der Waals surface area contributed by atoms with Gasteiger partial charge in [-0.3, -0.25) is 0 Å². The summed E-state index contributed by atoms with van der Waals surface area (Å²) in [5.41, 5.74) is 11.5. The molecule has 0 aliphatic heterocycles. The van der Waals surface area contributed by atoms with Gasteiger partial charge in [0.05, 0.1) is 50.6 Å². The fourth-order valence-corrected chi connectivity index (χ4v) is 10.2. The van der Waals surface area contributed by atoms with Crippen molar-refractivity contribution in [2.75, 3.05) is 0 Å². The van der Waals surface area contributed by atoms with Crippen molar-refractivity contribution in [3.05, 3.63) is 240 Å². The van der Waals surface area contributed by atoms with Crippen molar-refractivity contribution in [3.8, 4) is 50.8 Å². The van der Waals surface area contributed by atoms with Crippen LogP contribution in [0.25, 0.3) is 99.5 Å². The highest BCUT2D eigenvalue weighted by Crippen LogP contribution is 2.45. The Hall–Kier alpha value is -8.66. The molecule has 2 heterocycles. The average molecular weight is 884 g/mol. The highest BCUT2D eigenvalue weighted by Gasteiger charge is 2.32. The molecule has 2 aliphatic rings. The first-order valence-electron chi connectivity index (χ1n) is 22.7. The molecule has 0 bridgehead atoms. The van der Waals surface area contributed by atoms with Gasteiger partial charge >= 0.3 is 6.18 Å². The first-order valence-corrected chi connectivity index (χ1v) is 22.7. The van der Waals surface area contributed by atoms with E-state index in [0.717, 1.165) is 106 Å². The third kappa shape index (κ3) is 6.99. The average Bonchev–Trinajstić information content (AvgIpc) is 3.90. The molecule has 0 fully saturated rings. The Balaban J connectivity index is 1.28. The lowest BCUT2D eigenvalue weighted by atomic mass is 9.96. The Bertz CT molecular complexity index is 3810. The van der Waals surface area contributed by atoms with Crippen LogP contribution in [0.5, 0.6) is 0 Å². The van der Waals surface area contributed by atoms with Crippen LogP contribution in [0.15, 0.2) is 218 Å². The van der Waals surface area contributed by atoms with E-state index in [-0.39, 0.29) is 0 Å². The molecule has 0 unspecified atom stereocenters. The summed E-state index contributed by atoms with van der Waals surface area (Å²) in [7, 11) is 0. The number of nitriles is 1. The minimum Gasteiger partial charge on any atom is -0.308 e. The van der Waals surface area contributed by atoms with Crippen LogP contribution in [0, 0.1) is 11.3 Å². The molecule has 0 atom stereocenters. The van der Waals surface area contributed by atoms with Gasteiger partial charge in [-0.2, -0.15) is 18.4 Å². The number of halogens is 3. The van der Waals surface area contributed by atoms with E-state index in [4.69, 9.17) is 0 Å². The van der Waals surface area contributed by atoms with E-state index in [1.54, 1.807) is 6.07 Å². The van der Waals surface area contributed by atoms with Gasteiger partial charge in [-0.15, -0.1) is 0 Å². The van der Waals surface area contributed by atoms with E-state index in [1.165, 1.54) is 12.1 Å². The number of rotatable bonds is 5. The zero-order valence-corrected chi connectivity index (χ0v) is 36.7. The predicted molar refractivity (Wildman–Crippen MR) is 273 cm³/mol. The molecule has 0 radical (unpaired) electrons. The molecule has 0 amide bonds. The first-order chi connectivity index (χ1) is 33.3. The van der Waals surface area contributed by atoms with Crippen LogP contribution in [0.4, 0.5) is 13.2 Å². The van der Waals surface area contributed by atoms with E-state index in [0.29, 0.717) is 28.1 Å². The van der Waals surface area contributed by atoms with Gasteiger partial charge in [0.1, 0.15) is 0 Å². The molecule has 10 aromatic rings. The van der Waals surface area contributed by atoms with Crippen molar-refractivity contribution >= 4 is 54.8 Å². The summed E-state index contributed by atoms with van der Waals surface area (Å²) >= 11 is 0. The molecule has 0 saturated heterocycles. The maximum absolute atomic E-state index is 15.0. The summed E-state index contributed by atoms with van der Waals surface area (Å²) in [4.78, 5) is 0. The van der Waals surface area contributed by atoms with Crippen molar-refractivity contribution < 1.29 is 13.2 Å². The third-order valence-electron chi connectivity index (χ3n) is 13.4. The maximum Gasteiger partial charge on any atom is 0.416 e. The topological polar surface area (TPSA) is 33.6 Å². The lowest BCUT2D eigenvalue weighted by Gasteiger charge is -2.22. The molecule has 0 N–H and O–H groups in total. The number of hydrogen-bond donors (Lipinski definition) is 0. The van der Waals surface area contributed by atoms with Gasteiger partial charge in [0.15, 0.2) is 0 Å². The fraction of sp³-hybridized carbons (Fsp3) is 0.0484. The van der Waals surface area contributed by atoms with Gasteiger partial charge in [-0.1, -0.05) is 170 Å². The van der Waals surface area contributed by atoms with Crippen LogP contribution >= 0.6 is 0 Å². The van der Waals surface area contributed by atoms with Crippen LogP contribution in [-0.4, -0.2) is 9.13 Å². The molecule has 324 valence electrons. The molecular formula is C62H40F3N3. The Morgan fingerprint density at radius 3 is 1.32 bits per heavy atom. The smallest absolute Gasteiger partial charge is 0.308 e.